The zero-order valence-electron chi connectivity index (χ0n) is 11.6. The number of anilines is 1. The van der Waals surface area contributed by atoms with Crippen molar-refractivity contribution in [3.05, 3.63) is 50.2 Å². The molecule has 0 saturated heterocycles. The van der Waals surface area contributed by atoms with Gasteiger partial charge in [0.2, 0.25) is 5.91 Å². The van der Waals surface area contributed by atoms with Crippen molar-refractivity contribution < 1.29 is 9.53 Å². The molecule has 2 aromatic rings. The molecule has 1 N–H and O–H groups in total. The number of nitrogens with zero attached hydrogens (tertiary/aromatic N) is 2. The second-order valence-corrected chi connectivity index (χ2v) is 5.44. The molecule has 1 amide bonds. The number of halogens is 1. The molecule has 0 saturated carbocycles. The van der Waals surface area contributed by atoms with Gasteiger partial charge in [-0.15, -0.1) is 0 Å². The van der Waals surface area contributed by atoms with Crippen LogP contribution in [-0.4, -0.2) is 22.6 Å². The Labute approximate surface area is 135 Å². The smallest absolute Gasteiger partial charge is 0.267 e. The summed E-state index contributed by atoms with van der Waals surface area (Å²) in [4.78, 5) is 28.1. The number of rotatable bonds is 4. The molecule has 2 rings (SSSR count). The van der Waals surface area contributed by atoms with Crippen molar-refractivity contribution in [2.75, 3.05) is 12.4 Å². The van der Waals surface area contributed by atoms with Crippen LogP contribution >= 0.6 is 22.6 Å². The number of aromatic nitrogens is 2. The van der Waals surface area contributed by atoms with Gasteiger partial charge in [-0.3, -0.25) is 14.2 Å². The number of methoxy groups -OCH3 is 1. The van der Waals surface area contributed by atoms with Crippen molar-refractivity contribution >= 4 is 34.2 Å². The molecule has 21 heavy (non-hydrogen) atoms. The molecule has 0 spiro atoms. The summed E-state index contributed by atoms with van der Waals surface area (Å²) in [5.41, 5.74) is 1.05. The van der Waals surface area contributed by atoms with Gasteiger partial charge in [-0.05, 0) is 41.6 Å². The van der Waals surface area contributed by atoms with Crippen LogP contribution in [0.4, 0.5) is 5.69 Å². The molecule has 0 aliphatic rings. The minimum absolute atomic E-state index is 0.0840. The van der Waals surface area contributed by atoms with E-state index >= 15 is 0 Å². The van der Waals surface area contributed by atoms with Crippen molar-refractivity contribution in [3.63, 3.8) is 0 Å². The zero-order valence-corrected chi connectivity index (χ0v) is 13.7. The molecule has 1 heterocycles. The highest BCUT2D eigenvalue weighted by molar-refractivity contribution is 14.1. The molecule has 0 radical (unpaired) electrons. The highest BCUT2D eigenvalue weighted by Crippen LogP contribution is 2.16. The molecule has 0 unspecified atom stereocenters. The highest BCUT2D eigenvalue weighted by atomic mass is 127. The van der Waals surface area contributed by atoms with Crippen LogP contribution in [0.1, 0.15) is 5.69 Å². The monoisotopic (exact) mass is 399 g/mol. The maximum atomic E-state index is 12.0. The minimum Gasteiger partial charge on any atom is -0.497 e. The SMILES string of the molecule is COc1cccc(NC(=O)Cn2cnc(C)c(I)c2=O)c1. The second-order valence-electron chi connectivity index (χ2n) is 4.36. The number of amides is 1. The third kappa shape index (κ3) is 3.81. The van der Waals surface area contributed by atoms with E-state index in [1.165, 1.54) is 10.9 Å². The lowest BCUT2D eigenvalue weighted by molar-refractivity contribution is -0.116. The van der Waals surface area contributed by atoms with E-state index in [1.807, 2.05) is 22.6 Å². The van der Waals surface area contributed by atoms with E-state index in [0.717, 1.165) is 0 Å². The quantitative estimate of drug-likeness (QED) is 0.797. The first kappa shape index (κ1) is 15.5. The van der Waals surface area contributed by atoms with E-state index in [0.29, 0.717) is 20.7 Å². The fraction of sp³-hybridized carbons (Fsp3) is 0.214. The number of hydrogen-bond acceptors (Lipinski definition) is 4. The summed E-state index contributed by atoms with van der Waals surface area (Å²) >= 11 is 1.93. The molecule has 0 aliphatic carbocycles. The van der Waals surface area contributed by atoms with Gasteiger partial charge in [-0.2, -0.15) is 0 Å². The van der Waals surface area contributed by atoms with Gasteiger partial charge < -0.3 is 10.1 Å². The summed E-state index contributed by atoms with van der Waals surface area (Å²) in [5, 5.41) is 2.72. The first-order valence-corrected chi connectivity index (χ1v) is 7.24. The van der Waals surface area contributed by atoms with Gasteiger partial charge in [-0.25, -0.2) is 4.98 Å². The van der Waals surface area contributed by atoms with E-state index in [9.17, 15) is 9.59 Å². The molecule has 1 aromatic heterocycles. The van der Waals surface area contributed by atoms with Crippen LogP contribution in [0.5, 0.6) is 5.75 Å². The van der Waals surface area contributed by atoms with Gasteiger partial charge in [0.05, 0.1) is 22.7 Å². The fourth-order valence-corrected chi connectivity index (χ4v) is 2.16. The number of carbonyl (C=O) groups is 1. The summed E-state index contributed by atoms with van der Waals surface area (Å²) in [6.45, 7) is 1.67. The summed E-state index contributed by atoms with van der Waals surface area (Å²) in [7, 11) is 1.56. The topological polar surface area (TPSA) is 73.2 Å². The molecule has 0 fully saturated rings. The maximum absolute atomic E-state index is 12.0. The number of carbonyl (C=O) groups excluding carboxylic acids is 1. The minimum atomic E-state index is -0.299. The van der Waals surface area contributed by atoms with E-state index < -0.39 is 0 Å². The molecular formula is C14H14IN3O3. The second kappa shape index (κ2) is 6.70. The third-order valence-corrected chi connectivity index (χ3v) is 4.07. The standard InChI is InChI=1S/C14H14IN3O3/c1-9-13(15)14(20)18(8-16-9)7-12(19)17-10-4-3-5-11(6-10)21-2/h3-6,8H,7H2,1-2H3,(H,17,19). The first-order chi connectivity index (χ1) is 10.0. The Morgan fingerprint density at radius 1 is 1.48 bits per heavy atom. The molecular weight excluding hydrogens is 385 g/mol. The predicted molar refractivity (Wildman–Crippen MR) is 87.6 cm³/mol. The van der Waals surface area contributed by atoms with Gasteiger partial charge in [0.1, 0.15) is 12.3 Å². The van der Waals surface area contributed by atoms with E-state index in [-0.39, 0.29) is 18.0 Å². The maximum Gasteiger partial charge on any atom is 0.267 e. The van der Waals surface area contributed by atoms with Gasteiger partial charge >= 0.3 is 0 Å². The van der Waals surface area contributed by atoms with Crippen molar-refractivity contribution in [3.8, 4) is 5.75 Å². The lowest BCUT2D eigenvalue weighted by Crippen LogP contribution is -2.29. The van der Waals surface area contributed by atoms with E-state index in [2.05, 4.69) is 10.3 Å². The summed E-state index contributed by atoms with van der Waals surface area (Å²) in [6, 6.07) is 7.02. The Morgan fingerprint density at radius 3 is 2.95 bits per heavy atom. The number of ether oxygens (including phenoxy) is 1. The molecule has 1 aromatic carbocycles. The number of nitrogens with one attached hydrogen (secondary N) is 1. The van der Waals surface area contributed by atoms with Crippen LogP contribution in [0.2, 0.25) is 0 Å². The Bertz CT molecular complexity index is 728. The van der Waals surface area contributed by atoms with Gasteiger partial charge in [0.15, 0.2) is 0 Å². The fourth-order valence-electron chi connectivity index (χ4n) is 1.71. The number of aryl methyl sites for hydroxylation is 1. The Kier molecular flexibility index (Phi) is 4.94. The van der Waals surface area contributed by atoms with Crippen molar-refractivity contribution in [2.45, 2.75) is 13.5 Å². The molecule has 0 aliphatic heterocycles. The van der Waals surface area contributed by atoms with Crippen LogP contribution in [0.25, 0.3) is 0 Å². The largest absolute Gasteiger partial charge is 0.497 e. The highest BCUT2D eigenvalue weighted by Gasteiger charge is 2.09. The number of hydrogen-bond donors (Lipinski definition) is 1. The first-order valence-electron chi connectivity index (χ1n) is 6.16. The molecule has 0 atom stereocenters. The molecule has 6 nitrogen and oxygen atoms in total. The van der Waals surface area contributed by atoms with Crippen LogP contribution in [0, 0.1) is 10.5 Å². The third-order valence-electron chi connectivity index (χ3n) is 2.82. The predicted octanol–water partition coefficient (Wildman–Crippen LogP) is 1.80. The van der Waals surface area contributed by atoms with E-state index in [1.54, 1.807) is 38.3 Å². The van der Waals surface area contributed by atoms with Crippen LogP contribution < -0.4 is 15.6 Å². The Hall–Kier alpha value is -1.90. The summed E-state index contributed by atoms with van der Waals surface area (Å²) < 4.78 is 6.89. The lowest BCUT2D eigenvalue weighted by atomic mass is 10.3. The van der Waals surface area contributed by atoms with Gasteiger partial charge in [0, 0.05) is 11.8 Å². The Morgan fingerprint density at radius 2 is 2.24 bits per heavy atom. The van der Waals surface area contributed by atoms with Crippen molar-refractivity contribution in [1.82, 2.24) is 9.55 Å². The Balaban J connectivity index is 2.12. The van der Waals surface area contributed by atoms with Crippen molar-refractivity contribution in [2.24, 2.45) is 0 Å². The zero-order chi connectivity index (χ0) is 15.4. The average molecular weight is 399 g/mol. The summed E-state index contributed by atoms with van der Waals surface area (Å²) in [5.74, 6) is 0.350. The van der Waals surface area contributed by atoms with E-state index in [4.69, 9.17) is 4.74 Å². The molecule has 0 bridgehead atoms. The summed E-state index contributed by atoms with van der Waals surface area (Å²) in [6.07, 6.45) is 1.38. The lowest BCUT2D eigenvalue weighted by Gasteiger charge is -2.09. The van der Waals surface area contributed by atoms with Gasteiger partial charge in [0.25, 0.3) is 5.56 Å². The van der Waals surface area contributed by atoms with Crippen LogP contribution in [-0.2, 0) is 11.3 Å². The normalized spacial score (nSPS) is 10.2. The number of benzene rings is 1. The molecule has 110 valence electrons. The van der Waals surface area contributed by atoms with Crippen LogP contribution in [0.15, 0.2) is 35.4 Å². The van der Waals surface area contributed by atoms with Crippen molar-refractivity contribution in [1.29, 1.82) is 0 Å². The van der Waals surface area contributed by atoms with Gasteiger partial charge in [-0.1, -0.05) is 6.07 Å². The molecule has 7 heteroatoms. The van der Waals surface area contributed by atoms with Crippen LogP contribution in [0.3, 0.4) is 0 Å². The average Bonchev–Trinajstić information content (AvgIpc) is 2.48.